The highest BCUT2D eigenvalue weighted by atomic mass is 16.5. The van der Waals surface area contributed by atoms with Gasteiger partial charge in [0.2, 0.25) is 5.43 Å². The standard InChI is InChI=1S/C20H24O4/c1-3-5-6-16(4-2)24-17-10-7-15(8-11-17)9-12-18-13-19(21)20(22)14-23-18/h7-14,16,22H,3-6H2,1-2H3/b12-9+. The molecule has 128 valence electrons. The van der Waals surface area contributed by atoms with Gasteiger partial charge in [0.05, 0.1) is 6.10 Å². The van der Waals surface area contributed by atoms with Crippen molar-refractivity contribution >= 4 is 12.2 Å². The van der Waals surface area contributed by atoms with E-state index in [0.29, 0.717) is 5.76 Å². The molecule has 24 heavy (non-hydrogen) atoms. The number of hydrogen-bond acceptors (Lipinski definition) is 4. The monoisotopic (exact) mass is 328 g/mol. The third-order valence-electron chi connectivity index (χ3n) is 3.79. The molecule has 1 aromatic carbocycles. The van der Waals surface area contributed by atoms with Gasteiger partial charge in [0.15, 0.2) is 5.75 Å². The van der Waals surface area contributed by atoms with Crippen LogP contribution in [0.15, 0.2) is 45.8 Å². The topological polar surface area (TPSA) is 59.7 Å². The van der Waals surface area contributed by atoms with Crippen LogP contribution in [0.1, 0.15) is 50.9 Å². The average molecular weight is 328 g/mol. The number of unbranched alkanes of at least 4 members (excludes halogenated alkanes) is 1. The Hall–Kier alpha value is -2.49. The molecule has 1 atom stereocenters. The van der Waals surface area contributed by atoms with Gasteiger partial charge in [-0.3, -0.25) is 4.79 Å². The maximum Gasteiger partial charge on any atom is 0.227 e. The van der Waals surface area contributed by atoms with Crippen molar-refractivity contribution in [3.05, 3.63) is 58.1 Å². The summed E-state index contributed by atoms with van der Waals surface area (Å²) in [6.45, 7) is 4.33. The van der Waals surface area contributed by atoms with Crippen LogP contribution >= 0.6 is 0 Å². The summed E-state index contributed by atoms with van der Waals surface area (Å²) in [6.07, 6.45) is 9.27. The molecule has 4 heteroatoms. The molecule has 0 aliphatic rings. The van der Waals surface area contributed by atoms with E-state index in [2.05, 4.69) is 13.8 Å². The van der Waals surface area contributed by atoms with Crippen molar-refractivity contribution in [2.24, 2.45) is 0 Å². The first-order valence-corrected chi connectivity index (χ1v) is 8.39. The van der Waals surface area contributed by atoms with Crippen LogP contribution < -0.4 is 10.2 Å². The zero-order valence-electron chi connectivity index (χ0n) is 14.2. The lowest BCUT2D eigenvalue weighted by Crippen LogP contribution is -2.14. The van der Waals surface area contributed by atoms with E-state index in [4.69, 9.17) is 14.3 Å². The van der Waals surface area contributed by atoms with E-state index in [9.17, 15) is 4.79 Å². The van der Waals surface area contributed by atoms with E-state index in [0.717, 1.165) is 30.4 Å². The fraction of sp³-hybridized carbons (Fsp3) is 0.350. The van der Waals surface area contributed by atoms with Gasteiger partial charge in [-0.25, -0.2) is 0 Å². The molecule has 2 rings (SSSR count). The van der Waals surface area contributed by atoms with Gasteiger partial charge in [-0.05, 0) is 36.6 Å². The molecule has 0 fully saturated rings. The van der Waals surface area contributed by atoms with E-state index >= 15 is 0 Å². The predicted molar refractivity (Wildman–Crippen MR) is 96.2 cm³/mol. The van der Waals surface area contributed by atoms with Gasteiger partial charge in [0.25, 0.3) is 0 Å². The van der Waals surface area contributed by atoms with E-state index in [1.807, 2.05) is 30.3 Å². The second-order valence-corrected chi connectivity index (χ2v) is 5.72. The first kappa shape index (κ1) is 17.9. The van der Waals surface area contributed by atoms with Crippen LogP contribution in [0.5, 0.6) is 11.5 Å². The van der Waals surface area contributed by atoms with E-state index in [1.165, 1.54) is 18.9 Å². The van der Waals surface area contributed by atoms with Gasteiger partial charge in [-0.15, -0.1) is 0 Å². The third kappa shape index (κ3) is 5.30. The van der Waals surface area contributed by atoms with Crippen molar-refractivity contribution in [2.75, 3.05) is 0 Å². The second kappa shape index (κ2) is 8.96. The second-order valence-electron chi connectivity index (χ2n) is 5.72. The van der Waals surface area contributed by atoms with E-state index in [1.54, 1.807) is 6.08 Å². The molecule has 4 nitrogen and oxygen atoms in total. The number of benzene rings is 1. The highest BCUT2D eigenvalue weighted by Crippen LogP contribution is 2.19. The molecule has 0 radical (unpaired) electrons. The van der Waals surface area contributed by atoms with Crippen LogP contribution in [0.2, 0.25) is 0 Å². The summed E-state index contributed by atoms with van der Waals surface area (Å²) in [4.78, 5) is 11.3. The Morgan fingerprint density at radius 3 is 2.58 bits per heavy atom. The quantitative estimate of drug-likeness (QED) is 0.751. The predicted octanol–water partition coefficient (Wildman–Crippen LogP) is 4.86. The fourth-order valence-corrected chi connectivity index (χ4v) is 2.31. The van der Waals surface area contributed by atoms with Gasteiger partial charge < -0.3 is 14.3 Å². The number of rotatable bonds is 8. The van der Waals surface area contributed by atoms with Crippen molar-refractivity contribution in [3.8, 4) is 11.5 Å². The molecule has 0 amide bonds. The van der Waals surface area contributed by atoms with Crippen molar-refractivity contribution in [1.29, 1.82) is 0 Å². The van der Waals surface area contributed by atoms with Crippen LogP contribution in [0, 0.1) is 0 Å². The summed E-state index contributed by atoms with van der Waals surface area (Å²) in [5.41, 5.74) is 0.516. The molecule has 0 saturated carbocycles. The fourth-order valence-electron chi connectivity index (χ4n) is 2.31. The third-order valence-corrected chi connectivity index (χ3v) is 3.79. The summed E-state index contributed by atoms with van der Waals surface area (Å²) in [6, 6.07) is 9.05. The summed E-state index contributed by atoms with van der Waals surface area (Å²) < 4.78 is 11.1. The largest absolute Gasteiger partial charge is 0.502 e. The molecule has 2 aromatic rings. The van der Waals surface area contributed by atoms with Crippen molar-refractivity contribution in [1.82, 2.24) is 0 Å². The number of ether oxygens (including phenoxy) is 1. The molecular formula is C20H24O4. The van der Waals surface area contributed by atoms with Crippen LogP contribution in [0.3, 0.4) is 0 Å². The smallest absolute Gasteiger partial charge is 0.227 e. The van der Waals surface area contributed by atoms with Gasteiger partial charge in [0, 0.05) is 6.07 Å². The number of hydrogen-bond donors (Lipinski definition) is 1. The minimum Gasteiger partial charge on any atom is -0.502 e. The average Bonchev–Trinajstić information content (AvgIpc) is 2.60. The lowest BCUT2D eigenvalue weighted by atomic mass is 10.1. The Labute approximate surface area is 142 Å². The molecule has 0 bridgehead atoms. The molecule has 1 aromatic heterocycles. The minimum absolute atomic E-state index is 0.262. The van der Waals surface area contributed by atoms with Crippen LogP contribution in [0.25, 0.3) is 12.2 Å². The summed E-state index contributed by atoms with van der Waals surface area (Å²) in [5, 5.41) is 9.16. The Kier molecular flexibility index (Phi) is 6.67. The minimum atomic E-state index is -0.456. The Bertz CT molecular complexity index is 713. The molecule has 1 N–H and O–H groups in total. The maximum absolute atomic E-state index is 11.3. The SMILES string of the molecule is CCCCC(CC)Oc1ccc(/C=C/c2cc(=O)c(O)co2)cc1. The molecule has 0 spiro atoms. The van der Waals surface area contributed by atoms with Gasteiger partial charge in [-0.1, -0.05) is 44.9 Å². The first-order chi connectivity index (χ1) is 11.6. The highest BCUT2D eigenvalue weighted by Gasteiger charge is 2.07. The summed E-state index contributed by atoms with van der Waals surface area (Å²) in [5.74, 6) is 0.872. The molecule has 0 aliphatic heterocycles. The Morgan fingerprint density at radius 2 is 1.96 bits per heavy atom. The zero-order valence-corrected chi connectivity index (χ0v) is 14.2. The molecule has 0 aliphatic carbocycles. The van der Waals surface area contributed by atoms with E-state index in [-0.39, 0.29) is 11.9 Å². The van der Waals surface area contributed by atoms with Crippen molar-refractivity contribution < 1.29 is 14.3 Å². The molecule has 0 saturated heterocycles. The molecular weight excluding hydrogens is 304 g/mol. The van der Waals surface area contributed by atoms with Crippen LogP contribution in [-0.4, -0.2) is 11.2 Å². The van der Waals surface area contributed by atoms with Crippen LogP contribution in [0.4, 0.5) is 0 Å². The highest BCUT2D eigenvalue weighted by molar-refractivity contribution is 5.67. The van der Waals surface area contributed by atoms with Crippen molar-refractivity contribution in [3.63, 3.8) is 0 Å². The summed E-state index contributed by atoms with van der Waals surface area (Å²) >= 11 is 0. The van der Waals surface area contributed by atoms with Gasteiger partial charge in [-0.2, -0.15) is 0 Å². The normalized spacial score (nSPS) is 12.4. The Morgan fingerprint density at radius 1 is 1.21 bits per heavy atom. The maximum atomic E-state index is 11.3. The summed E-state index contributed by atoms with van der Waals surface area (Å²) in [7, 11) is 0. The first-order valence-electron chi connectivity index (χ1n) is 8.39. The van der Waals surface area contributed by atoms with Crippen molar-refractivity contribution in [2.45, 2.75) is 45.6 Å². The Balaban J connectivity index is 1.99. The number of aromatic hydroxyl groups is 1. The molecule has 1 unspecified atom stereocenters. The van der Waals surface area contributed by atoms with E-state index < -0.39 is 5.43 Å². The van der Waals surface area contributed by atoms with Gasteiger partial charge >= 0.3 is 0 Å². The lowest BCUT2D eigenvalue weighted by Gasteiger charge is -2.17. The molecule has 1 heterocycles. The lowest BCUT2D eigenvalue weighted by molar-refractivity contribution is 0.183. The van der Waals surface area contributed by atoms with Crippen LogP contribution in [-0.2, 0) is 0 Å². The van der Waals surface area contributed by atoms with Gasteiger partial charge in [0.1, 0.15) is 17.8 Å². The zero-order chi connectivity index (χ0) is 17.4.